The highest BCUT2D eigenvalue weighted by molar-refractivity contribution is 5.96. The molecule has 0 saturated carbocycles. The Hall–Kier alpha value is -1.39. The lowest BCUT2D eigenvalue weighted by Crippen LogP contribution is -2.61. The van der Waals surface area contributed by atoms with E-state index in [0.29, 0.717) is 31.0 Å². The minimum atomic E-state index is -0.503. The van der Waals surface area contributed by atoms with Gasteiger partial charge in [0.05, 0.1) is 11.2 Å². The number of ketones is 1. The molecule has 0 aliphatic carbocycles. The largest absolute Gasteiger partial charge is 0.491 e. The minimum absolute atomic E-state index is 0.0138. The van der Waals surface area contributed by atoms with Crippen molar-refractivity contribution in [3.8, 4) is 5.75 Å². The summed E-state index contributed by atoms with van der Waals surface area (Å²) in [5.41, 5.74) is 0.119. The Morgan fingerprint density at radius 3 is 2.74 bits per heavy atom. The topological polar surface area (TPSA) is 49.8 Å². The monoisotopic (exact) mass is 263 g/mol. The van der Waals surface area contributed by atoms with Crippen LogP contribution >= 0.6 is 0 Å². The predicted molar refractivity (Wildman–Crippen MR) is 73.6 cm³/mol. The fourth-order valence-electron chi connectivity index (χ4n) is 2.34. The Bertz CT molecular complexity index is 452. The van der Waals surface area contributed by atoms with Gasteiger partial charge in [-0.3, -0.25) is 9.69 Å². The molecule has 4 heteroatoms. The van der Waals surface area contributed by atoms with Gasteiger partial charge in [0.25, 0.3) is 0 Å². The SMILES string of the molecule is CCC1(O)CN(CCOc2ccccc2C(C)=O)C1. The van der Waals surface area contributed by atoms with Crippen LogP contribution in [0.4, 0.5) is 0 Å². The van der Waals surface area contributed by atoms with Gasteiger partial charge in [-0.05, 0) is 25.5 Å². The average molecular weight is 263 g/mol. The maximum absolute atomic E-state index is 11.4. The molecule has 104 valence electrons. The summed E-state index contributed by atoms with van der Waals surface area (Å²) in [6.07, 6.45) is 0.789. The quantitative estimate of drug-likeness (QED) is 0.794. The molecule has 0 bridgehead atoms. The zero-order chi connectivity index (χ0) is 13.9. The Morgan fingerprint density at radius 1 is 1.42 bits per heavy atom. The van der Waals surface area contributed by atoms with Crippen LogP contribution in [-0.4, -0.2) is 47.6 Å². The molecule has 0 unspecified atom stereocenters. The first-order chi connectivity index (χ1) is 9.04. The number of Topliss-reactive ketones (excluding diaryl/α,β-unsaturated/α-hetero) is 1. The van der Waals surface area contributed by atoms with Crippen molar-refractivity contribution in [2.24, 2.45) is 0 Å². The lowest BCUT2D eigenvalue weighted by atomic mass is 9.91. The number of likely N-dealkylation sites (tertiary alicyclic amines) is 1. The fraction of sp³-hybridized carbons (Fsp3) is 0.533. The molecule has 0 amide bonds. The number of benzene rings is 1. The zero-order valence-corrected chi connectivity index (χ0v) is 11.6. The third-order valence-corrected chi connectivity index (χ3v) is 3.63. The third kappa shape index (κ3) is 3.33. The van der Waals surface area contributed by atoms with E-state index in [1.807, 2.05) is 25.1 Å². The van der Waals surface area contributed by atoms with Crippen molar-refractivity contribution in [1.82, 2.24) is 4.90 Å². The van der Waals surface area contributed by atoms with Gasteiger partial charge < -0.3 is 9.84 Å². The summed E-state index contributed by atoms with van der Waals surface area (Å²) < 4.78 is 5.66. The van der Waals surface area contributed by atoms with Crippen LogP contribution in [0.2, 0.25) is 0 Å². The first kappa shape index (κ1) is 14.0. The number of hydrogen-bond donors (Lipinski definition) is 1. The molecule has 0 radical (unpaired) electrons. The van der Waals surface area contributed by atoms with Gasteiger partial charge >= 0.3 is 0 Å². The molecule has 1 aliphatic heterocycles. The van der Waals surface area contributed by atoms with E-state index in [2.05, 4.69) is 4.90 Å². The summed E-state index contributed by atoms with van der Waals surface area (Å²) in [6, 6.07) is 7.29. The molecule has 0 atom stereocenters. The number of carbonyl (C=O) groups excluding carboxylic acids is 1. The summed E-state index contributed by atoms with van der Waals surface area (Å²) in [7, 11) is 0. The molecule has 4 nitrogen and oxygen atoms in total. The van der Waals surface area contributed by atoms with Crippen LogP contribution in [0.25, 0.3) is 0 Å². The number of β-amino-alcohol motifs (C(OH)–C–C–N with tert-alkyl or cyclic N) is 1. The Balaban J connectivity index is 1.80. The predicted octanol–water partition coefficient (Wildman–Crippen LogP) is 1.72. The molecule has 1 N–H and O–H groups in total. The van der Waals surface area contributed by atoms with Gasteiger partial charge in [-0.2, -0.15) is 0 Å². The number of carbonyl (C=O) groups is 1. The van der Waals surface area contributed by atoms with E-state index >= 15 is 0 Å². The second kappa shape index (κ2) is 5.72. The van der Waals surface area contributed by atoms with Crippen molar-refractivity contribution < 1.29 is 14.6 Å². The molecule has 1 heterocycles. The summed E-state index contributed by atoms with van der Waals surface area (Å²) in [5.74, 6) is 0.654. The molecule has 1 fully saturated rings. The van der Waals surface area contributed by atoms with E-state index in [0.717, 1.165) is 13.0 Å². The van der Waals surface area contributed by atoms with Gasteiger partial charge in [0.2, 0.25) is 0 Å². The van der Waals surface area contributed by atoms with E-state index in [4.69, 9.17) is 4.74 Å². The molecule has 1 saturated heterocycles. The molecular formula is C15H21NO3. The molecule has 1 aromatic carbocycles. The maximum Gasteiger partial charge on any atom is 0.163 e. The lowest BCUT2D eigenvalue weighted by Gasteiger charge is -2.46. The van der Waals surface area contributed by atoms with E-state index in [1.54, 1.807) is 13.0 Å². The molecular weight excluding hydrogens is 242 g/mol. The Labute approximate surface area is 114 Å². The molecule has 19 heavy (non-hydrogen) atoms. The highest BCUT2D eigenvalue weighted by atomic mass is 16.5. The Kier molecular flexibility index (Phi) is 4.22. The van der Waals surface area contributed by atoms with Crippen LogP contribution in [0.15, 0.2) is 24.3 Å². The molecule has 0 aromatic heterocycles. The van der Waals surface area contributed by atoms with Gasteiger partial charge in [0, 0.05) is 19.6 Å². The van der Waals surface area contributed by atoms with Crippen molar-refractivity contribution in [3.63, 3.8) is 0 Å². The van der Waals surface area contributed by atoms with Crippen LogP contribution in [-0.2, 0) is 0 Å². The smallest absolute Gasteiger partial charge is 0.163 e. The fourth-order valence-corrected chi connectivity index (χ4v) is 2.34. The summed E-state index contributed by atoms with van der Waals surface area (Å²) in [5, 5.41) is 9.90. The van der Waals surface area contributed by atoms with E-state index < -0.39 is 5.60 Å². The second-order valence-corrected chi connectivity index (χ2v) is 5.19. The first-order valence-corrected chi connectivity index (χ1v) is 6.71. The number of hydrogen-bond acceptors (Lipinski definition) is 4. The lowest BCUT2D eigenvalue weighted by molar-refractivity contribution is -0.102. The first-order valence-electron chi connectivity index (χ1n) is 6.71. The number of aliphatic hydroxyl groups is 1. The van der Waals surface area contributed by atoms with Crippen molar-refractivity contribution >= 4 is 5.78 Å². The van der Waals surface area contributed by atoms with Crippen molar-refractivity contribution in [3.05, 3.63) is 29.8 Å². The summed E-state index contributed by atoms with van der Waals surface area (Å²) in [4.78, 5) is 13.6. The van der Waals surface area contributed by atoms with Crippen molar-refractivity contribution in [1.29, 1.82) is 0 Å². The molecule has 0 spiro atoms. The maximum atomic E-state index is 11.4. The number of rotatable bonds is 6. The van der Waals surface area contributed by atoms with Gasteiger partial charge in [-0.15, -0.1) is 0 Å². The standard InChI is InChI=1S/C15H21NO3/c1-3-15(18)10-16(11-15)8-9-19-14-7-5-4-6-13(14)12(2)17/h4-7,18H,3,8-11H2,1-2H3. The second-order valence-electron chi connectivity index (χ2n) is 5.19. The number of nitrogens with zero attached hydrogens (tertiary/aromatic N) is 1. The van der Waals surface area contributed by atoms with E-state index in [-0.39, 0.29) is 5.78 Å². The van der Waals surface area contributed by atoms with Gasteiger partial charge in [0.15, 0.2) is 5.78 Å². The third-order valence-electron chi connectivity index (χ3n) is 3.63. The number of ether oxygens (including phenoxy) is 1. The average Bonchev–Trinajstić information content (AvgIpc) is 2.36. The van der Waals surface area contributed by atoms with Crippen LogP contribution in [0.1, 0.15) is 30.6 Å². The zero-order valence-electron chi connectivity index (χ0n) is 11.6. The Morgan fingerprint density at radius 2 is 2.11 bits per heavy atom. The molecule has 1 aromatic rings. The number of para-hydroxylation sites is 1. The highest BCUT2D eigenvalue weighted by Gasteiger charge is 2.38. The van der Waals surface area contributed by atoms with Crippen molar-refractivity contribution in [2.45, 2.75) is 25.9 Å². The van der Waals surface area contributed by atoms with Gasteiger partial charge in [-0.25, -0.2) is 0 Å². The highest BCUT2D eigenvalue weighted by Crippen LogP contribution is 2.24. The van der Waals surface area contributed by atoms with E-state index in [1.165, 1.54) is 0 Å². The summed E-state index contributed by atoms with van der Waals surface area (Å²) in [6.45, 7) is 6.26. The van der Waals surface area contributed by atoms with Crippen LogP contribution < -0.4 is 4.74 Å². The van der Waals surface area contributed by atoms with Crippen molar-refractivity contribution in [2.75, 3.05) is 26.2 Å². The van der Waals surface area contributed by atoms with Gasteiger partial charge in [0.1, 0.15) is 12.4 Å². The van der Waals surface area contributed by atoms with Gasteiger partial charge in [-0.1, -0.05) is 19.1 Å². The molecule has 2 rings (SSSR count). The van der Waals surface area contributed by atoms with Crippen LogP contribution in [0.3, 0.4) is 0 Å². The molecule has 1 aliphatic rings. The van der Waals surface area contributed by atoms with Crippen LogP contribution in [0, 0.1) is 0 Å². The normalized spacial score (nSPS) is 17.8. The van der Waals surface area contributed by atoms with Crippen LogP contribution in [0.5, 0.6) is 5.75 Å². The summed E-state index contributed by atoms with van der Waals surface area (Å²) >= 11 is 0. The minimum Gasteiger partial charge on any atom is -0.491 e. The van der Waals surface area contributed by atoms with E-state index in [9.17, 15) is 9.90 Å².